The van der Waals surface area contributed by atoms with Crippen LogP contribution < -0.4 is 5.73 Å². The normalized spacial score (nSPS) is 12.3. The van der Waals surface area contributed by atoms with Crippen molar-refractivity contribution < 1.29 is 4.21 Å². The first-order valence-corrected chi connectivity index (χ1v) is 7.18. The lowest BCUT2D eigenvalue weighted by Crippen LogP contribution is -2.00. The molecule has 0 aliphatic carbocycles. The minimum absolute atomic E-state index is 0.532. The zero-order valence-electron chi connectivity index (χ0n) is 10.6. The second-order valence-electron chi connectivity index (χ2n) is 4.50. The van der Waals surface area contributed by atoms with Crippen LogP contribution in [-0.4, -0.2) is 4.21 Å². The molecule has 0 amide bonds. The Balaban J connectivity index is 2.21. The maximum Gasteiger partial charge on any atom is 0.0577 e. The summed E-state index contributed by atoms with van der Waals surface area (Å²) in [6.45, 7) is 4.00. The van der Waals surface area contributed by atoms with Gasteiger partial charge in [-0.1, -0.05) is 35.9 Å². The fourth-order valence-corrected chi connectivity index (χ4v) is 3.12. The van der Waals surface area contributed by atoms with Crippen molar-refractivity contribution in [1.29, 1.82) is 0 Å². The van der Waals surface area contributed by atoms with Crippen LogP contribution in [0.1, 0.15) is 16.7 Å². The van der Waals surface area contributed by atoms with Gasteiger partial charge in [-0.3, -0.25) is 4.21 Å². The second-order valence-corrected chi connectivity index (χ2v) is 5.92. The lowest BCUT2D eigenvalue weighted by molar-refractivity contribution is 0.682. The molecule has 0 aliphatic rings. The van der Waals surface area contributed by atoms with Gasteiger partial charge in [-0.2, -0.15) is 0 Å². The van der Waals surface area contributed by atoms with Gasteiger partial charge in [0.05, 0.1) is 16.6 Å². The molecule has 0 heterocycles. The predicted molar refractivity (Wildman–Crippen MR) is 76.9 cm³/mol. The molecule has 2 rings (SSSR count). The molecule has 0 bridgehead atoms. The predicted octanol–water partition coefficient (Wildman–Crippen LogP) is 3.19. The minimum atomic E-state index is -1.04. The van der Waals surface area contributed by atoms with Crippen LogP contribution in [0.2, 0.25) is 0 Å². The van der Waals surface area contributed by atoms with E-state index in [0.29, 0.717) is 11.4 Å². The zero-order chi connectivity index (χ0) is 13.1. The molecular weight excluding hydrogens is 242 g/mol. The number of benzene rings is 2. The van der Waals surface area contributed by atoms with Crippen molar-refractivity contribution in [2.45, 2.75) is 24.5 Å². The van der Waals surface area contributed by atoms with Gasteiger partial charge < -0.3 is 5.73 Å². The molecule has 0 aliphatic heterocycles. The number of aryl methyl sites for hydroxylation is 2. The first-order valence-electron chi connectivity index (χ1n) is 5.86. The first kappa shape index (κ1) is 12.8. The second kappa shape index (κ2) is 5.36. The molecule has 18 heavy (non-hydrogen) atoms. The van der Waals surface area contributed by atoms with Crippen LogP contribution in [0.25, 0.3) is 0 Å². The van der Waals surface area contributed by atoms with E-state index in [1.165, 1.54) is 5.56 Å². The molecular formula is C15H17NOS. The molecule has 0 spiro atoms. The third-order valence-electron chi connectivity index (χ3n) is 2.88. The Morgan fingerprint density at radius 3 is 2.39 bits per heavy atom. The van der Waals surface area contributed by atoms with Crippen molar-refractivity contribution in [2.24, 2.45) is 0 Å². The van der Waals surface area contributed by atoms with E-state index in [0.717, 1.165) is 16.0 Å². The van der Waals surface area contributed by atoms with Gasteiger partial charge in [0.2, 0.25) is 0 Å². The van der Waals surface area contributed by atoms with Crippen molar-refractivity contribution in [3.05, 3.63) is 59.2 Å². The van der Waals surface area contributed by atoms with E-state index in [4.69, 9.17) is 5.73 Å². The molecule has 0 fully saturated rings. The number of nitrogens with two attached hydrogens (primary N) is 1. The lowest BCUT2D eigenvalue weighted by Gasteiger charge is -2.07. The number of rotatable bonds is 3. The highest BCUT2D eigenvalue weighted by Crippen LogP contribution is 2.19. The highest BCUT2D eigenvalue weighted by atomic mass is 32.2. The molecule has 0 saturated carbocycles. The molecule has 0 radical (unpaired) electrons. The van der Waals surface area contributed by atoms with E-state index < -0.39 is 10.8 Å². The number of hydrogen-bond donors (Lipinski definition) is 1. The standard InChI is InChI=1S/C15H17NOS/c1-11-3-6-13(7-4-11)10-18(17)15-9-14(16)8-5-12(15)2/h3-9H,10,16H2,1-2H3. The van der Waals surface area contributed by atoms with Gasteiger partial charge in [-0.05, 0) is 37.1 Å². The van der Waals surface area contributed by atoms with Crippen LogP contribution in [0.5, 0.6) is 0 Å². The van der Waals surface area contributed by atoms with Gasteiger partial charge in [-0.25, -0.2) is 0 Å². The number of hydrogen-bond acceptors (Lipinski definition) is 2. The van der Waals surface area contributed by atoms with Crippen LogP contribution in [0, 0.1) is 13.8 Å². The van der Waals surface area contributed by atoms with Crippen molar-refractivity contribution in [3.8, 4) is 0 Å². The molecule has 2 N–H and O–H groups in total. The summed E-state index contributed by atoms with van der Waals surface area (Å²) in [6.07, 6.45) is 0. The van der Waals surface area contributed by atoms with Gasteiger partial charge in [0, 0.05) is 10.6 Å². The molecule has 2 nitrogen and oxygen atoms in total. The average molecular weight is 259 g/mol. The Bertz CT molecular complexity index is 576. The van der Waals surface area contributed by atoms with E-state index in [-0.39, 0.29) is 0 Å². The van der Waals surface area contributed by atoms with Gasteiger partial charge in [0.25, 0.3) is 0 Å². The van der Waals surface area contributed by atoms with Crippen LogP contribution in [0.3, 0.4) is 0 Å². The fraction of sp³-hybridized carbons (Fsp3) is 0.200. The summed E-state index contributed by atoms with van der Waals surface area (Å²) < 4.78 is 12.3. The molecule has 2 aromatic rings. The summed E-state index contributed by atoms with van der Waals surface area (Å²) in [4.78, 5) is 0.829. The van der Waals surface area contributed by atoms with E-state index in [2.05, 4.69) is 0 Å². The Morgan fingerprint density at radius 1 is 1.06 bits per heavy atom. The smallest absolute Gasteiger partial charge is 0.0577 e. The summed E-state index contributed by atoms with van der Waals surface area (Å²) in [6, 6.07) is 13.7. The highest BCUT2D eigenvalue weighted by molar-refractivity contribution is 7.84. The average Bonchev–Trinajstić information content (AvgIpc) is 2.35. The molecule has 0 saturated heterocycles. The fourth-order valence-electron chi connectivity index (χ4n) is 1.78. The van der Waals surface area contributed by atoms with Crippen LogP contribution >= 0.6 is 0 Å². The summed E-state index contributed by atoms with van der Waals surface area (Å²) in [5.74, 6) is 0.532. The first-order chi connectivity index (χ1) is 8.56. The van der Waals surface area contributed by atoms with Gasteiger partial charge >= 0.3 is 0 Å². The summed E-state index contributed by atoms with van der Waals surface area (Å²) in [7, 11) is -1.04. The van der Waals surface area contributed by atoms with Crippen LogP contribution in [-0.2, 0) is 16.6 Å². The molecule has 94 valence electrons. The third-order valence-corrected chi connectivity index (χ3v) is 4.40. The van der Waals surface area contributed by atoms with Crippen molar-refractivity contribution >= 4 is 16.5 Å². The zero-order valence-corrected chi connectivity index (χ0v) is 11.5. The Labute approximate surface area is 110 Å². The van der Waals surface area contributed by atoms with Gasteiger partial charge in [0.15, 0.2) is 0 Å². The topological polar surface area (TPSA) is 43.1 Å². The van der Waals surface area contributed by atoms with E-state index in [1.54, 1.807) is 6.07 Å². The molecule has 3 heteroatoms. The monoisotopic (exact) mass is 259 g/mol. The molecule has 1 unspecified atom stereocenters. The van der Waals surface area contributed by atoms with Gasteiger partial charge in [0.1, 0.15) is 0 Å². The maximum absolute atomic E-state index is 12.3. The van der Waals surface area contributed by atoms with Gasteiger partial charge in [-0.15, -0.1) is 0 Å². The van der Waals surface area contributed by atoms with E-state index >= 15 is 0 Å². The number of nitrogen functional groups attached to an aromatic ring is 1. The Morgan fingerprint density at radius 2 is 1.72 bits per heavy atom. The number of anilines is 1. The molecule has 2 aromatic carbocycles. The maximum atomic E-state index is 12.3. The van der Waals surface area contributed by atoms with Crippen LogP contribution in [0.15, 0.2) is 47.4 Å². The summed E-state index contributed by atoms with van der Waals surface area (Å²) in [5.41, 5.74) is 9.72. The molecule has 1 atom stereocenters. The van der Waals surface area contributed by atoms with Crippen LogP contribution in [0.4, 0.5) is 5.69 Å². The largest absolute Gasteiger partial charge is 0.399 e. The Hall–Kier alpha value is -1.61. The quantitative estimate of drug-likeness (QED) is 0.860. The van der Waals surface area contributed by atoms with Crippen molar-refractivity contribution in [1.82, 2.24) is 0 Å². The minimum Gasteiger partial charge on any atom is -0.399 e. The van der Waals surface area contributed by atoms with E-state index in [1.807, 2.05) is 50.2 Å². The SMILES string of the molecule is Cc1ccc(CS(=O)c2cc(N)ccc2C)cc1. The highest BCUT2D eigenvalue weighted by Gasteiger charge is 2.08. The van der Waals surface area contributed by atoms with Crippen molar-refractivity contribution in [2.75, 3.05) is 5.73 Å². The summed E-state index contributed by atoms with van der Waals surface area (Å²) >= 11 is 0. The lowest BCUT2D eigenvalue weighted by atomic mass is 10.2. The third kappa shape index (κ3) is 2.99. The van der Waals surface area contributed by atoms with E-state index in [9.17, 15) is 4.21 Å². The Kier molecular flexibility index (Phi) is 3.82. The molecule has 0 aromatic heterocycles. The summed E-state index contributed by atoms with van der Waals surface area (Å²) in [5, 5.41) is 0. The van der Waals surface area contributed by atoms with Crippen molar-refractivity contribution in [3.63, 3.8) is 0 Å².